The molecule has 0 saturated heterocycles. The summed E-state index contributed by atoms with van der Waals surface area (Å²) in [4.78, 5) is 25.4. The summed E-state index contributed by atoms with van der Waals surface area (Å²) in [5, 5.41) is 18.1. The second-order valence-electron chi connectivity index (χ2n) is 3.24. The molecule has 0 aromatic carbocycles. The van der Waals surface area contributed by atoms with E-state index < -0.39 is 18.5 Å². The van der Waals surface area contributed by atoms with Crippen molar-refractivity contribution < 1.29 is 19.4 Å². The second-order valence-corrected chi connectivity index (χ2v) is 3.24. The van der Waals surface area contributed by atoms with Crippen LogP contribution in [0.4, 0.5) is 5.95 Å². The number of aliphatic carboxylic acids is 1. The summed E-state index contributed by atoms with van der Waals surface area (Å²) < 4.78 is 4.60. The molecule has 0 aliphatic rings. The van der Waals surface area contributed by atoms with E-state index in [0.29, 0.717) is 11.4 Å². The number of carbonyl (C=O) groups excluding carboxylic acids is 1. The predicted octanol–water partition coefficient (Wildman–Crippen LogP) is -0.472. The summed E-state index contributed by atoms with van der Waals surface area (Å²) in [5.41, 5.74) is 1.33. The van der Waals surface area contributed by atoms with Crippen LogP contribution in [0.3, 0.4) is 0 Å². The number of carbonyl (C=O) groups is 2. The molecule has 0 fully saturated rings. The lowest BCUT2D eigenvalue weighted by Gasteiger charge is -2.04. The van der Waals surface area contributed by atoms with Gasteiger partial charge in [-0.3, -0.25) is 10.1 Å². The fourth-order valence-electron chi connectivity index (χ4n) is 0.902. The third-order valence-electron chi connectivity index (χ3n) is 1.80. The minimum absolute atomic E-state index is 0.0667. The van der Waals surface area contributed by atoms with E-state index in [0.717, 1.165) is 0 Å². The maximum atomic E-state index is 11.3. The van der Waals surface area contributed by atoms with Crippen LogP contribution in [0.2, 0.25) is 0 Å². The summed E-state index contributed by atoms with van der Waals surface area (Å²) in [6, 6.07) is 0. The first-order valence-corrected chi connectivity index (χ1v) is 4.76. The maximum Gasteiger partial charge on any atom is 0.329 e. The molecular formula is C9H12N4O4. The van der Waals surface area contributed by atoms with Gasteiger partial charge in [0.1, 0.15) is 13.2 Å². The lowest BCUT2D eigenvalue weighted by molar-refractivity contribution is -0.143. The van der Waals surface area contributed by atoms with Crippen molar-refractivity contribution in [1.82, 2.24) is 15.2 Å². The van der Waals surface area contributed by atoms with Gasteiger partial charge in [0.2, 0.25) is 5.95 Å². The lowest BCUT2D eigenvalue weighted by atomic mass is 10.4. The van der Waals surface area contributed by atoms with Crippen molar-refractivity contribution in [3.05, 3.63) is 11.4 Å². The van der Waals surface area contributed by atoms with E-state index in [1.807, 2.05) is 0 Å². The highest BCUT2D eigenvalue weighted by Gasteiger charge is 2.07. The van der Waals surface area contributed by atoms with Crippen LogP contribution in [0, 0.1) is 13.8 Å². The van der Waals surface area contributed by atoms with Crippen molar-refractivity contribution in [2.24, 2.45) is 0 Å². The summed E-state index contributed by atoms with van der Waals surface area (Å²) in [7, 11) is 0. The molecule has 92 valence electrons. The Balaban J connectivity index is 2.45. The normalized spacial score (nSPS) is 10.0. The monoisotopic (exact) mass is 240 g/mol. The van der Waals surface area contributed by atoms with Crippen LogP contribution in [0.15, 0.2) is 0 Å². The first kappa shape index (κ1) is 13.0. The minimum Gasteiger partial charge on any atom is -0.480 e. The van der Waals surface area contributed by atoms with Gasteiger partial charge in [-0.2, -0.15) is 5.10 Å². The van der Waals surface area contributed by atoms with Gasteiger partial charge in [0.15, 0.2) is 0 Å². The number of amides is 1. The van der Waals surface area contributed by atoms with Crippen molar-refractivity contribution in [3.63, 3.8) is 0 Å². The number of aryl methyl sites for hydroxylation is 2. The van der Waals surface area contributed by atoms with E-state index in [1.54, 1.807) is 13.8 Å². The number of hydrogen-bond acceptors (Lipinski definition) is 6. The van der Waals surface area contributed by atoms with E-state index in [9.17, 15) is 9.59 Å². The molecule has 0 aliphatic carbocycles. The van der Waals surface area contributed by atoms with E-state index >= 15 is 0 Å². The molecule has 1 rings (SSSR count). The largest absolute Gasteiger partial charge is 0.480 e. The average Bonchev–Trinajstić information content (AvgIpc) is 2.23. The highest BCUT2D eigenvalue weighted by molar-refractivity contribution is 5.90. The number of carboxylic acid groups (broad SMARTS) is 1. The number of ether oxygens (including phenoxy) is 1. The van der Waals surface area contributed by atoms with Crippen LogP contribution in [0.25, 0.3) is 0 Å². The van der Waals surface area contributed by atoms with Gasteiger partial charge in [-0.15, -0.1) is 5.10 Å². The van der Waals surface area contributed by atoms with Crippen LogP contribution in [0.5, 0.6) is 0 Å². The van der Waals surface area contributed by atoms with Crippen LogP contribution in [-0.4, -0.2) is 45.4 Å². The van der Waals surface area contributed by atoms with Crippen molar-refractivity contribution >= 4 is 17.8 Å². The number of hydrogen-bond donors (Lipinski definition) is 2. The highest BCUT2D eigenvalue weighted by Crippen LogP contribution is 2.01. The predicted molar refractivity (Wildman–Crippen MR) is 56.4 cm³/mol. The minimum atomic E-state index is -1.14. The first-order chi connectivity index (χ1) is 7.99. The van der Waals surface area contributed by atoms with E-state index in [2.05, 4.69) is 25.2 Å². The van der Waals surface area contributed by atoms with Crippen LogP contribution in [-0.2, 0) is 14.3 Å². The Bertz CT molecular complexity index is 435. The van der Waals surface area contributed by atoms with Crippen molar-refractivity contribution in [1.29, 1.82) is 0 Å². The Labute approximate surface area is 97.0 Å². The van der Waals surface area contributed by atoms with Crippen molar-refractivity contribution in [3.8, 4) is 0 Å². The molecule has 1 heterocycles. The summed E-state index contributed by atoms with van der Waals surface area (Å²) in [6.45, 7) is 2.58. The molecule has 1 aromatic rings. The molecular weight excluding hydrogens is 228 g/mol. The Kier molecular flexibility index (Phi) is 4.46. The molecule has 0 atom stereocenters. The zero-order chi connectivity index (χ0) is 12.8. The highest BCUT2D eigenvalue weighted by atomic mass is 16.5. The van der Waals surface area contributed by atoms with E-state index in [1.165, 1.54) is 0 Å². The number of nitrogens with one attached hydrogen (secondary N) is 1. The molecule has 0 spiro atoms. The van der Waals surface area contributed by atoms with Crippen LogP contribution < -0.4 is 5.32 Å². The van der Waals surface area contributed by atoms with E-state index in [4.69, 9.17) is 5.11 Å². The Morgan fingerprint density at radius 2 is 1.94 bits per heavy atom. The molecule has 0 aliphatic heterocycles. The molecule has 0 bridgehead atoms. The molecule has 1 aromatic heterocycles. The number of anilines is 1. The lowest BCUT2D eigenvalue weighted by Crippen LogP contribution is -2.22. The van der Waals surface area contributed by atoms with Gasteiger partial charge >= 0.3 is 5.97 Å². The standard InChI is InChI=1S/C9H12N4O4/c1-5-6(2)12-13-9(10-5)11-7(14)3-17-4-8(15)16/h3-4H2,1-2H3,(H,15,16)(H,10,11,13,14). The average molecular weight is 240 g/mol. The third kappa shape index (κ3) is 4.51. The van der Waals surface area contributed by atoms with Gasteiger partial charge in [-0.1, -0.05) is 0 Å². The molecule has 0 radical (unpaired) electrons. The number of carboxylic acids is 1. The molecule has 8 heteroatoms. The maximum absolute atomic E-state index is 11.3. The molecule has 17 heavy (non-hydrogen) atoms. The molecule has 2 N–H and O–H groups in total. The topological polar surface area (TPSA) is 114 Å². The second kappa shape index (κ2) is 5.85. The SMILES string of the molecule is Cc1nnc(NC(=O)COCC(=O)O)nc1C. The Hall–Kier alpha value is -2.09. The molecule has 8 nitrogen and oxygen atoms in total. The van der Waals surface area contributed by atoms with Crippen molar-refractivity contribution in [2.75, 3.05) is 18.5 Å². The van der Waals surface area contributed by atoms with Gasteiger partial charge in [0.25, 0.3) is 5.91 Å². The van der Waals surface area contributed by atoms with Crippen LogP contribution in [0.1, 0.15) is 11.4 Å². The van der Waals surface area contributed by atoms with Gasteiger partial charge in [0.05, 0.1) is 11.4 Å². The Morgan fingerprint density at radius 3 is 2.53 bits per heavy atom. The molecule has 0 saturated carbocycles. The molecule has 0 unspecified atom stereocenters. The van der Waals surface area contributed by atoms with Gasteiger partial charge in [0, 0.05) is 0 Å². The fourth-order valence-corrected chi connectivity index (χ4v) is 0.902. The Morgan fingerprint density at radius 1 is 1.24 bits per heavy atom. The molecule has 1 amide bonds. The fraction of sp³-hybridized carbons (Fsp3) is 0.444. The smallest absolute Gasteiger partial charge is 0.329 e. The van der Waals surface area contributed by atoms with E-state index in [-0.39, 0.29) is 12.6 Å². The van der Waals surface area contributed by atoms with Gasteiger partial charge in [-0.25, -0.2) is 9.78 Å². The van der Waals surface area contributed by atoms with Gasteiger partial charge in [-0.05, 0) is 13.8 Å². The number of aromatic nitrogens is 3. The van der Waals surface area contributed by atoms with Gasteiger partial charge < -0.3 is 9.84 Å². The quantitative estimate of drug-likeness (QED) is 0.714. The van der Waals surface area contributed by atoms with Crippen LogP contribution >= 0.6 is 0 Å². The first-order valence-electron chi connectivity index (χ1n) is 4.76. The number of nitrogens with zero attached hydrogens (tertiary/aromatic N) is 3. The summed E-state index contributed by atoms with van der Waals surface area (Å²) in [5.74, 6) is -1.60. The third-order valence-corrected chi connectivity index (χ3v) is 1.80. The summed E-state index contributed by atoms with van der Waals surface area (Å²) in [6.07, 6.45) is 0. The number of rotatable bonds is 5. The van der Waals surface area contributed by atoms with Crippen molar-refractivity contribution in [2.45, 2.75) is 13.8 Å². The summed E-state index contributed by atoms with van der Waals surface area (Å²) >= 11 is 0. The zero-order valence-electron chi connectivity index (χ0n) is 9.43. The zero-order valence-corrected chi connectivity index (χ0v) is 9.43.